The first kappa shape index (κ1) is 40.9. The van der Waals surface area contributed by atoms with E-state index >= 15 is 0 Å². The molecule has 0 aromatic carbocycles. The van der Waals surface area contributed by atoms with Gasteiger partial charge in [-0.05, 0) is 32.1 Å². The summed E-state index contributed by atoms with van der Waals surface area (Å²) >= 11 is 0. The number of hydrogen-bond donors (Lipinski definition) is 1. The molecular weight excluding hydrogens is 520 g/mol. The predicted octanol–water partition coefficient (Wildman–Crippen LogP) is 12.9. The van der Waals surface area contributed by atoms with Crippen molar-refractivity contribution >= 4 is 11.9 Å². The summed E-state index contributed by atoms with van der Waals surface area (Å²) in [5.74, 6) is -0.691. The van der Waals surface area contributed by atoms with Crippen LogP contribution in [-0.2, 0) is 14.3 Å². The molecule has 4 nitrogen and oxygen atoms in total. The highest BCUT2D eigenvalue weighted by Gasteiger charge is 2.14. The number of esters is 1. The average Bonchev–Trinajstić information content (AvgIpc) is 2.97. The zero-order valence-corrected chi connectivity index (χ0v) is 28.6. The molecule has 4 heteroatoms. The molecule has 0 aliphatic rings. The molecular formula is C38H74O4. The van der Waals surface area contributed by atoms with Gasteiger partial charge >= 0.3 is 11.9 Å². The van der Waals surface area contributed by atoms with Crippen molar-refractivity contribution in [1.29, 1.82) is 0 Å². The fourth-order valence-electron chi connectivity index (χ4n) is 6.00. The molecule has 0 aliphatic carbocycles. The van der Waals surface area contributed by atoms with Gasteiger partial charge in [0, 0.05) is 12.8 Å². The molecule has 0 saturated heterocycles. The number of hydrogen-bond acceptors (Lipinski definition) is 3. The van der Waals surface area contributed by atoms with Crippen molar-refractivity contribution in [1.82, 2.24) is 0 Å². The Hall–Kier alpha value is -1.06. The minimum Gasteiger partial charge on any atom is -0.481 e. The van der Waals surface area contributed by atoms with E-state index < -0.39 is 5.97 Å². The quantitative estimate of drug-likeness (QED) is 0.0585. The third kappa shape index (κ3) is 33.4. The monoisotopic (exact) mass is 595 g/mol. The Bertz CT molecular complexity index is 561. The van der Waals surface area contributed by atoms with E-state index in [1.165, 1.54) is 122 Å². The van der Waals surface area contributed by atoms with E-state index in [1.807, 2.05) is 0 Å². The van der Waals surface area contributed by atoms with Crippen LogP contribution in [0.3, 0.4) is 0 Å². The highest BCUT2D eigenvalue weighted by atomic mass is 16.5. The molecule has 0 rings (SSSR count). The fourth-order valence-corrected chi connectivity index (χ4v) is 6.00. The van der Waals surface area contributed by atoms with Crippen LogP contribution >= 0.6 is 0 Å². The van der Waals surface area contributed by atoms with Gasteiger partial charge in [0.2, 0.25) is 0 Å². The summed E-state index contributed by atoms with van der Waals surface area (Å²) < 4.78 is 5.86. The van der Waals surface area contributed by atoms with Crippen LogP contribution in [0.5, 0.6) is 0 Å². The second-order valence-electron chi connectivity index (χ2n) is 13.1. The summed E-state index contributed by atoms with van der Waals surface area (Å²) in [5, 5.41) is 8.71. The van der Waals surface area contributed by atoms with Crippen LogP contribution < -0.4 is 0 Å². The normalized spacial score (nSPS) is 12.0. The Morgan fingerprint density at radius 2 is 0.738 bits per heavy atom. The highest BCUT2D eigenvalue weighted by molar-refractivity contribution is 5.69. The van der Waals surface area contributed by atoms with E-state index in [4.69, 9.17) is 9.84 Å². The molecule has 0 spiro atoms. The number of aliphatic carboxylic acids is 1. The minimum absolute atomic E-state index is 0.00239. The number of ether oxygens (including phenoxy) is 1. The third-order valence-corrected chi connectivity index (χ3v) is 8.83. The van der Waals surface area contributed by atoms with Gasteiger partial charge in [-0.15, -0.1) is 0 Å². The zero-order chi connectivity index (χ0) is 30.8. The Kier molecular flexibility index (Phi) is 33.6. The molecule has 250 valence electrons. The van der Waals surface area contributed by atoms with Gasteiger partial charge in [-0.3, -0.25) is 9.59 Å². The van der Waals surface area contributed by atoms with Crippen molar-refractivity contribution in [3.63, 3.8) is 0 Å². The fraction of sp³-hybridized carbons (Fsp3) is 0.947. The Morgan fingerprint density at radius 1 is 0.429 bits per heavy atom. The van der Waals surface area contributed by atoms with Crippen molar-refractivity contribution in [3.8, 4) is 0 Å². The second kappa shape index (κ2) is 34.4. The van der Waals surface area contributed by atoms with Gasteiger partial charge in [-0.25, -0.2) is 0 Å². The van der Waals surface area contributed by atoms with Crippen LogP contribution in [0.4, 0.5) is 0 Å². The van der Waals surface area contributed by atoms with Crippen LogP contribution in [0.25, 0.3) is 0 Å². The van der Waals surface area contributed by atoms with E-state index in [9.17, 15) is 9.59 Å². The lowest BCUT2D eigenvalue weighted by atomic mass is 10.0. The lowest BCUT2D eigenvalue weighted by Crippen LogP contribution is -2.18. The first-order chi connectivity index (χ1) is 20.6. The lowest BCUT2D eigenvalue weighted by molar-refractivity contribution is -0.150. The van der Waals surface area contributed by atoms with Crippen LogP contribution in [0.1, 0.15) is 226 Å². The second-order valence-corrected chi connectivity index (χ2v) is 13.1. The Balaban J connectivity index is 3.50. The molecule has 0 heterocycles. The van der Waals surface area contributed by atoms with Gasteiger partial charge in [0.15, 0.2) is 0 Å². The van der Waals surface area contributed by atoms with Crippen LogP contribution in [0.15, 0.2) is 0 Å². The molecule has 0 radical (unpaired) electrons. The van der Waals surface area contributed by atoms with Crippen molar-refractivity contribution in [2.24, 2.45) is 0 Å². The smallest absolute Gasteiger partial charge is 0.306 e. The number of carboxylic acids is 1. The van der Waals surface area contributed by atoms with Gasteiger partial charge in [0.1, 0.15) is 6.10 Å². The lowest BCUT2D eigenvalue weighted by Gasteiger charge is -2.18. The van der Waals surface area contributed by atoms with Gasteiger partial charge in [-0.1, -0.05) is 181 Å². The van der Waals surface area contributed by atoms with Crippen LogP contribution in [0.2, 0.25) is 0 Å². The van der Waals surface area contributed by atoms with Crippen LogP contribution in [0, 0.1) is 0 Å². The van der Waals surface area contributed by atoms with E-state index in [0.29, 0.717) is 6.42 Å². The topological polar surface area (TPSA) is 63.6 Å². The summed E-state index contributed by atoms with van der Waals surface area (Å²) in [7, 11) is 0. The van der Waals surface area contributed by atoms with Gasteiger partial charge in [0.25, 0.3) is 0 Å². The largest absolute Gasteiger partial charge is 0.481 e. The summed E-state index contributed by atoms with van der Waals surface area (Å²) in [6.07, 6.45) is 40.3. The highest BCUT2D eigenvalue weighted by Crippen LogP contribution is 2.18. The number of carboxylic acid groups (broad SMARTS) is 1. The first-order valence-corrected chi connectivity index (χ1v) is 19.0. The number of rotatable bonds is 35. The van der Waals surface area contributed by atoms with Gasteiger partial charge in [0.05, 0.1) is 0 Å². The van der Waals surface area contributed by atoms with Crippen molar-refractivity contribution in [3.05, 3.63) is 0 Å². The molecule has 0 fully saturated rings. The Morgan fingerprint density at radius 3 is 1.12 bits per heavy atom. The molecule has 42 heavy (non-hydrogen) atoms. The standard InChI is InChI=1S/C38H74O4/c1-3-5-7-8-9-10-11-12-13-14-15-16-17-18-19-20-21-22-23-28-31-35-38(41)42-36(32-6-4-2)33-29-26-24-25-27-30-34-37(39)40/h36H,3-35H2,1-2H3,(H,39,40). The summed E-state index contributed by atoms with van der Waals surface area (Å²) in [6.45, 7) is 4.48. The molecule has 0 saturated carbocycles. The molecule has 0 aromatic rings. The summed E-state index contributed by atoms with van der Waals surface area (Å²) in [6, 6.07) is 0. The molecule has 1 atom stereocenters. The molecule has 0 aromatic heterocycles. The zero-order valence-electron chi connectivity index (χ0n) is 28.6. The molecule has 1 N–H and O–H groups in total. The SMILES string of the molecule is CCCCCCCCCCCCCCCCCCCCCCCC(=O)OC(CCCC)CCCCCCCCC(=O)O. The Labute approximate surface area is 262 Å². The van der Waals surface area contributed by atoms with Crippen LogP contribution in [-0.4, -0.2) is 23.1 Å². The average molecular weight is 595 g/mol. The maximum Gasteiger partial charge on any atom is 0.306 e. The van der Waals surface area contributed by atoms with Crippen molar-refractivity contribution < 1.29 is 19.4 Å². The number of unbranched alkanes of at least 4 members (excludes halogenated alkanes) is 26. The van der Waals surface area contributed by atoms with Gasteiger partial charge < -0.3 is 9.84 Å². The van der Waals surface area contributed by atoms with Crippen molar-refractivity contribution in [2.45, 2.75) is 232 Å². The summed E-state index contributed by atoms with van der Waals surface area (Å²) in [4.78, 5) is 23.0. The van der Waals surface area contributed by atoms with Gasteiger partial charge in [-0.2, -0.15) is 0 Å². The third-order valence-electron chi connectivity index (χ3n) is 8.83. The first-order valence-electron chi connectivity index (χ1n) is 19.0. The van der Waals surface area contributed by atoms with E-state index in [2.05, 4.69) is 13.8 Å². The molecule has 1 unspecified atom stereocenters. The minimum atomic E-state index is -0.693. The number of carbonyl (C=O) groups is 2. The summed E-state index contributed by atoms with van der Waals surface area (Å²) in [5.41, 5.74) is 0. The van der Waals surface area contributed by atoms with Crippen molar-refractivity contribution in [2.75, 3.05) is 0 Å². The number of carbonyl (C=O) groups excluding carboxylic acids is 1. The molecule has 0 bridgehead atoms. The van der Waals surface area contributed by atoms with E-state index in [-0.39, 0.29) is 18.5 Å². The maximum atomic E-state index is 12.4. The van der Waals surface area contributed by atoms with E-state index in [1.54, 1.807) is 0 Å². The molecule has 0 amide bonds. The van der Waals surface area contributed by atoms with E-state index in [0.717, 1.165) is 77.0 Å². The predicted molar refractivity (Wildman–Crippen MR) is 181 cm³/mol. The molecule has 0 aliphatic heterocycles. The maximum absolute atomic E-state index is 12.4.